The van der Waals surface area contributed by atoms with Gasteiger partial charge in [0.05, 0.1) is 11.2 Å². The second kappa shape index (κ2) is 8.42. The highest BCUT2D eigenvalue weighted by atomic mass is 19.1. The van der Waals surface area contributed by atoms with E-state index in [4.69, 9.17) is 0 Å². The van der Waals surface area contributed by atoms with Crippen LogP contribution in [0.5, 0.6) is 0 Å². The molecule has 0 aliphatic heterocycles. The van der Waals surface area contributed by atoms with Crippen LogP contribution < -0.4 is 5.32 Å². The molecule has 8 atom stereocenters. The Morgan fingerprint density at radius 1 is 1.03 bits per heavy atom. The topological polar surface area (TPSA) is 49.3 Å². The number of rotatable bonds is 3. The van der Waals surface area contributed by atoms with Crippen molar-refractivity contribution >= 4 is 5.91 Å². The van der Waals surface area contributed by atoms with E-state index < -0.39 is 11.4 Å². The highest BCUT2D eigenvalue weighted by Crippen LogP contribution is 2.63. The molecule has 5 rings (SSSR count). The lowest BCUT2D eigenvalue weighted by Gasteiger charge is -2.61. The van der Waals surface area contributed by atoms with Crippen LogP contribution >= 0.6 is 0 Å². The van der Waals surface area contributed by atoms with E-state index in [-0.39, 0.29) is 16.9 Å². The summed E-state index contributed by atoms with van der Waals surface area (Å²) in [5.41, 5.74) is -0.0291. The van der Waals surface area contributed by atoms with Gasteiger partial charge in [-0.2, -0.15) is 0 Å². The Balaban J connectivity index is 1.28. The average Bonchev–Trinajstić information content (AvgIpc) is 2.76. The summed E-state index contributed by atoms with van der Waals surface area (Å²) in [4.78, 5) is 12.6. The van der Waals surface area contributed by atoms with Crippen LogP contribution in [0.3, 0.4) is 0 Å². The van der Waals surface area contributed by atoms with Gasteiger partial charge in [0.25, 0.3) is 5.91 Å². The van der Waals surface area contributed by atoms with Gasteiger partial charge in [-0.1, -0.05) is 25.5 Å². The van der Waals surface area contributed by atoms with Crippen molar-refractivity contribution in [3.05, 3.63) is 35.6 Å². The molecule has 0 heterocycles. The van der Waals surface area contributed by atoms with Gasteiger partial charge in [0.2, 0.25) is 0 Å². The van der Waals surface area contributed by atoms with Crippen LogP contribution in [0.1, 0.15) is 88.4 Å². The fraction of sp³-hybridized carbons (Fsp3) is 0.750. The fourth-order valence-corrected chi connectivity index (χ4v) is 8.69. The SMILES string of the molecule is C[C@@]1(O)CC[C@H]2[C@H](CC[C@@H]3[C@@H]2CC[C@]2(C)[C@@H](CNC(=O)c4ccccc4F)CCC[C@@H]32)C1. The predicted molar refractivity (Wildman–Crippen MR) is 125 cm³/mol. The van der Waals surface area contributed by atoms with E-state index in [0.717, 1.165) is 42.9 Å². The van der Waals surface area contributed by atoms with E-state index in [1.54, 1.807) is 18.2 Å². The minimum atomic E-state index is -0.455. The van der Waals surface area contributed by atoms with Crippen LogP contribution in [-0.2, 0) is 0 Å². The maximum absolute atomic E-state index is 14.0. The summed E-state index contributed by atoms with van der Waals surface area (Å²) < 4.78 is 14.0. The quantitative estimate of drug-likeness (QED) is 0.607. The highest BCUT2D eigenvalue weighted by molar-refractivity contribution is 5.94. The molecule has 4 heteroatoms. The first-order valence-corrected chi connectivity index (χ1v) is 13.0. The molecule has 1 amide bonds. The second-order valence-electron chi connectivity index (χ2n) is 12.0. The maximum atomic E-state index is 14.0. The van der Waals surface area contributed by atoms with Gasteiger partial charge in [0, 0.05) is 6.54 Å². The molecule has 4 fully saturated rings. The second-order valence-corrected chi connectivity index (χ2v) is 12.0. The zero-order chi connectivity index (χ0) is 22.5. The van der Waals surface area contributed by atoms with Crippen molar-refractivity contribution in [2.24, 2.45) is 40.9 Å². The Hall–Kier alpha value is -1.42. The van der Waals surface area contributed by atoms with Crippen LogP contribution in [0.2, 0.25) is 0 Å². The van der Waals surface area contributed by atoms with Crippen LogP contribution in [0.4, 0.5) is 4.39 Å². The first-order valence-electron chi connectivity index (χ1n) is 13.0. The van der Waals surface area contributed by atoms with E-state index in [9.17, 15) is 14.3 Å². The van der Waals surface area contributed by atoms with Crippen molar-refractivity contribution < 1.29 is 14.3 Å². The molecule has 0 unspecified atom stereocenters. The smallest absolute Gasteiger partial charge is 0.254 e. The number of hydrogen-bond acceptors (Lipinski definition) is 2. The van der Waals surface area contributed by atoms with Crippen LogP contribution in [0.25, 0.3) is 0 Å². The number of carbonyl (C=O) groups excluding carboxylic acids is 1. The largest absolute Gasteiger partial charge is 0.390 e. The number of amides is 1. The van der Waals surface area contributed by atoms with E-state index in [2.05, 4.69) is 12.2 Å². The molecule has 0 radical (unpaired) electrons. The van der Waals surface area contributed by atoms with Gasteiger partial charge in [-0.15, -0.1) is 0 Å². The number of benzene rings is 1. The van der Waals surface area contributed by atoms with E-state index in [1.807, 2.05) is 6.92 Å². The summed E-state index contributed by atoms with van der Waals surface area (Å²) in [5.74, 6) is 3.65. The fourth-order valence-electron chi connectivity index (χ4n) is 8.69. The van der Waals surface area contributed by atoms with E-state index >= 15 is 0 Å². The van der Waals surface area contributed by atoms with Gasteiger partial charge in [0.15, 0.2) is 0 Å². The van der Waals surface area contributed by atoms with Crippen molar-refractivity contribution in [3.8, 4) is 0 Å². The third-order valence-electron chi connectivity index (χ3n) is 10.3. The van der Waals surface area contributed by atoms with Gasteiger partial charge in [-0.25, -0.2) is 4.39 Å². The first-order chi connectivity index (χ1) is 15.3. The molecule has 176 valence electrons. The Morgan fingerprint density at radius 3 is 2.62 bits per heavy atom. The third-order valence-corrected chi connectivity index (χ3v) is 10.3. The number of nitrogens with one attached hydrogen (secondary N) is 1. The first kappa shape index (κ1) is 22.4. The normalized spacial score (nSPS) is 43.5. The van der Waals surface area contributed by atoms with Crippen molar-refractivity contribution in [2.45, 2.75) is 83.7 Å². The van der Waals surface area contributed by atoms with Gasteiger partial charge in [-0.05, 0) is 118 Å². The Morgan fingerprint density at radius 2 is 1.81 bits per heavy atom. The van der Waals surface area contributed by atoms with Crippen molar-refractivity contribution in [1.82, 2.24) is 5.32 Å². The van der Waals surface area contributed by atoms with E-state index in [1.165, 1.54) is 51.0 Å². The number of carbonyl (C=O) groups is 1. The van der Waals surface area contributed by atoms with Crippen LogP contribution in [-0.4, -0.2) is 23.2 Å². The van der Waals surface area contributed by atoms with Crippen LogP contribution in [0.15, 0.2) is 24.3 Å². The molecule has 1 aromatic rings. The lowest BCUT2D eigenvalue weighted by molar-refractivity contribution is -0.125. The molecule has 32 heavy (non-hydrogen) atoms. The molecule has 4 saturated carbocycles. The van der Waals surface area contributed by atoms with Gasteiger partial charge < -0.3 is 10.4 Å². The summed E-state index contributed by atoms with van der Waals surface area (Å²) in [5, 5.41) is 13.7. The molecule has 0 aromatic heterocycles. The minimum absolute atomic E-state index is 0.153. The average molecular weight is 442 g/mol. The third kappa shape index (κ3) is 3.91. The predicted octanol–water partition coefficient (Wildman–Crippen LogP) is 5.97. The van der Waals surface area contributed by atoms with Gasteiger partial charge in [0.1, 0.15) is 5.82 Å². The molecule has 3 nitrogen and oxygen atoms in total. The Labute approximate surface area is 192 Å². The number of halogens is 1. The summed E-state index contributed by atoms with van der Waals surface area (Å²) in [6, 6.07) is 6.27. The summed E-state index contributed by atoms with van der Waals surface area (Å²) in [6.07, 6.45) is 12.0. The molecule has 0 spiro atoms. The molecular weight excluding hydrogens is 401 g/mol. The summed E-state index contributed by atoms with van der Waals surface area (Å²) in [6.45, 7) is 5.19. The van der Waals surface area contributed by atoms with Crippen molar-refractivity contribution in [3.63, 3.8) is 0 Å². The zero-order valence-corrected chi connectivity index (χ0v) is 19.8. The molecular formula is C28H40FNO2. The Bertz CT molecular complexity index is 854. The maximum Gasteiger partial charge on any atom is 0.254 e. The molecule has 0 bridgehead atoms. The molecule has 4 aliphatic rings. The molecule has 4 aliphatic carbocycles. The van der Waals surface area contributed by atoms with Crippen LogP contribution in [0, 0.1) is 46.7 Å². The lowest BCUT2D eigenvalue weighted by Crippen LogP contribution is -2.55. The van der Waals surface area contributed by atoms with Gasteiger partial charge in [-0.3, -0.25) is 4.79 Å². The monoisotopic (exact) mass is 441 g/mol. The molecule has 2 N–H and O–H groups in total. The number of hydrogen-bond donors (Lipinski definition) is 2. The molecule has 0 saturated heterocycles. The number of fused-ring (bicyclic) bond motifs is 5. The highest BCUT2D eigenvalue weighted by Gasteiger charge is 2.55. The van der Waals surface area contributed by atoms with Crippen molar-refractivity contribution in [1.29, 1.82) is 0 Å². The lowest BCUT2D eigenvalue weighted by atomic mass is 9.45. The summed E-state index contributed by atoms with van der Waals surface area (Å²) >= 11 is 0. The molecule has 1 aromatic carbocycles. The zero-order valence-electron chi connectivity index (χ0n) is 19.8. The summed E-state index contributed by atoms with van der Waals surface area (Å²) in [7, 11) is 0. The van der Waals surface area contributed by atoms with Crippen molar-refractivity contribution in [2.75, 3.05) is 6.54 Å². The minimum Gasteiger partial charge on any atom is -0.390 e. The van der Waals surface area contributed by atoms with Gasteiger partial charge >= 0.3 is 0 Å². The number of aliphatic hydroxyl groups is 1. The Kier molecular flexibility index (Phi) is 5.89. The standard InChI is InChI=1S/C28H40FNO2/c1-27(32)14-12-20-18(16-27)10-11-22-21(20)13-15-28(2)19(6-5-8-24(22)28)17-30-26(31)23-7-3-4-9-25(23)29/h3-4,7,9,18-22,24,32H,5-6,8,10-17H2,1-2H3,(H,30,31)/t18-,19-,20+,21-,22-,24+,27-,28-/m1/s1. The van der Waals surface area contributed by atoms with E-state index in [0.29, 0.717) is 18.4 Å².